The fourth-order valence-electron chi connectivity index (χ4n) is 1.07. The third kappa shape index (κ3) is 5.26. The molecule has 0 spiro atoms. The van der Waals surface area contributed by atoms with Crippen molar-refractivity contribution in [3.8, 4) is 0 Å². The van der Waals surface area contributed by atoms with Gasteiger partial charge in [0.1, 0.15) is 0 Å². The summed E-state index contributed by atoms with van der Waals surface area (Å²) < 4.78 is 0. The number of benzene rings is 1. The van der Waals surface area contributed by atoms with Crippen molar-refractivity contribution in [1.82, 2.24) is 0 Å². The van der Waals surface area contributed by atoms with E-state index >= 15 is 0 Å². The van der Waals surface area contributed by atoms with Gasteiger partial charge in [0.2, 0.25) is 12.2 Å². The predicted molar refractivity (Wildman–Crippen MR) is 71.8 cm³/mol. The van der Waals surface area contributed by atoms with Gasteiger partial charge in [-0.05, 0) is 17.7 Å². The van der Waals surface area contributed by atoms with Crippen LogP contribution in [0.5, 0.6) is 0 Å². The maximum Gasteiger partial charge on any atom is 0.256 e. The maximum absolute atomic E-state index is 5.17. The molecule has 0 unspecified atom stereocenters. The molecule has 0 amide bonds. The lowest BCUT2D eigenvalue weighted by atomic mass is 10.1. The van der Waals surface area contributed by atoms with E-state index in [2.05, 4.69) is 20.4 Å². The summed E-state index contributed by atoms with van der Waals surface area (Å²) in [5, 5.41) is 13.4. The van der Waals surface area contributed by atoms with E-state index in [1.54, 1.807) is 6.21 Å². The fourth-order valence-corrected chi connectivity index (χ4v) is 1.07. The van der Waals surface area contributed by atoms with Gasteiger partial charge in [0, 0.05) is 10.7 Å². The second kappa shape index (κ2) is 6.63. The van der Waals surface area contributed by atoms with Crippen LogP contribution in [0, 0.1) is 0 Å². The first kappa shape index (κ1) is 13.2. The summed E-state index contributed by atoms with van der Waals surface area (Å²) in [7, 11) is 0. The highest BCUT2D eigenvalue weighted by atomic mass is 15.3. The molecule has 0 heterocycles. The Bertz CT molecular complexity index is 463. The third-order valence-corrected chi connectivity index (χ3v) is 1.72. The first-order valence-corrected chi connectivity index (χ1v) is 4.97. The molecule has 9 N–H and O–H groups in total. The summed E-state index contributed by atoms with van der Waals surface area (Å²) in [6.07, 6.45) is 3.16. The number of hydrazone groups is 1. The molecule has 18 heavy (non-hydrogen) atoms. The minimum atomic E-state index is -0.0941. The van der Waals surface area contributed by atoms with Crippen LogP contribution in [0.2, 0.25) is 0 Å². The van der Waals surface area contributed by atoms with Crippen LogP contribution < -0.4 is 28.0 Å². The Hall–Kier alpha value is -2.90. The molecule has 0 radical (unpaired) electrons. The van der Waals surface area contributed by atoms with Crippen molar-refractivity contribution >= 4 is 24.3 Å². The summed E-state index contributed by atoms with van der Waals surface area (Å²) in [5.74, 6) is -0.139. The molecule has 8 heteroatoms. The second-order valence-electron chi connectivity index (χ2n) is 3.25. The van der Waals surface area contributed by atoms with Gasteiger partial charge in [0.05, 0.1) is 6.21 Å². The first-order valence-electron chi connectivity index (χ1n) is 4.97. The lowest BCUT2D eigenvalue weighted by Gasteiger charge is -1.92. The highest BCUT2D eigenvalue weighted by Gasteiger charge is 1.93. The average Bonchev–Trinajstić information content (AvgIpc) is 2.28. The number of nitrogens with one attached hydrogen (secondary N) is 1. The SMILES string of the molecule is NC(N)=NN=Cc1cccc(C=[NH+]N=C(N)N)c1. The molecule has 0 aliphatic rings. The van der Waals surface area contributed by atoms with Gasteiger partial charge < -0.3 is 22.9 Å². The van der Waals surface area contributed by atoms with Gasteiger partial charge in [-0.15, -0.1) is 10.2 Å². The van der Waals surface area contributed by atoms with E-state index in [9.17, 15) is 0 Å². The number of nitrogens with two attached hydrogens (primary N) is 4. The van der Waals surface area contributed by atoms with E-state index < -0.39 is 0 Å². The number of hydrogen-bond donors (Lipinski definition) is 5. The first-order chi connectivity index (χ1) is 8.58. The van der Waals surface area contributed by atoms with Gasteiger partial charge >= 0.3 is 0 Å². The zero-order chi connectivity index (χ0) is 13.4. The van der Waals surface area contributed by atoms with Gasteiger partial charge in [-0.2, -0.15) is 5.10 Å². The number of guanidine groups is 2. The molecule has 0 bridgehead atoms. The zero-order valence-corrected chi connectivity index (χ0v) is 9.62. The summed E-state index contributed by atoms with van der Waals surface area (Å²) in [4.78, 5) is 0. The van der Waals surface area contributed by atoms with Crippen molar-refractivity contribution in [3.63, 3.8) is 0 Å². The minimum Gasteiger partial charge on any atom is -0.369 e. The van der Waals surface area contributed by atoms with Crippen molar-refractivity contribution in [2.24, 2.45) is 38.2 Å². The predicted octanol–water partition coefficient (Wildman–Crippen LogP) is -3.02. The van der Waals surface area contributed by atoms with Crippen molar-refractivity contribution in [1.29, 1.82) is 0 Å². The van der Waals surface area contributed by atoms with Crippen molar-refractivity contribution in [2.45, 2.75) is 0 Å². The molecule has 0 aliphatic heterocycles. The number of nitrogens with zero attached hydrogens (tertiary/aromatic N) is 3. The molecule has 0 aromatic heterocycles. The normalized spacial score (nSPS) is 10.7. The molecule has 0 saturated heterocycles. The lowest BCUT2D eigenvalue weighted by Crippen LogP contribution is -2.63. The van der Waals surface area contributed by atoms with Crippen LogP contribution >= 0.6 is 0 Å². The molecule has 0 fully saturated rings. The Labute approximate surface area is 104 Å². The van der Waals surface area contributed by atoms with Crippen molar-refractivity contribution in [2.75, 3.05) is 0 Å². The van der Waals surface area contributed by atoms with Crippen LogP contribution in [0.1, 0.15) is 11.1 Å². The molecule has 1 aromatic rings. The zero-order valence-electron chi connectivity index (χ0n) is 9.62. The van der Waals surface area contributed by atoms with E-state index in [4.69, 9.17) is 22.9 Å². The van der Waals surface area contributed by atoms with E-state index in [-0.39, 0.29) is 11.9 Å². The summed E-state index contributed by atoms with van der Waals surface area (Å²) in [5.41, 5.74) is 22.3. The van der Waals surface area contributed by atoms with Gasteiger partial charge in [-0.3, -0.25) is 0 Å². The van der Waals surface area contributed by atoms with Crippen molar-refractivity contribution < 1.29 is 5.10 Å². The van der Waals surface area contributed by atoms with Gasteiger partial charge in [0.25, 0.3) is 5.96 Å². The molecule has 0 aliphatic carbocycles. The highest BCUT2D eigenvalue weighted by Crippen LogP contribution is 1.99. The van der Waals surface area contributed by atoms with Crippen LogP contribution in [0.4, 0.5) is 0 Å². The minimum absolute atomic E-state index is 0.0447. The monoisotopic (exact) mass is 247 g/mol. The van der Waals surface area contributed by atoms with E-state index in [0.717, 1.165) is 11.1 Å². The molecular weight excluding hydrogens is 232 g/mol. The Kier molecular flexibility index (Phi) is 4.85. The second-order valence-corrected chi connectivity index (χ2v) is 3.25. The van der Waals surface area contributed by atoms with Gasteiger partial charge in [0.15, 0.2) is 0 Å². The van der Waals surface area contributed by atoms with E-state index in [1.165, 1.54) is 6.21 Å². The molecular formula is C10H15N8+. The Morgan fingerprint density at radius 3 is 2.44 bits per heavy atom. The fraction of sp³-hybridized carbons (Fsp3) is 0. The van der Waals surface area contributed by atoms with Crippen LogP contribution in [-0.4, -0.2) is 24.3 Å². The van der Waals surface area contributed by atoms with Crippen LogP contribution in [-0.2, 0) is 0 Å². The molecule has 94 valence electrons. The van der Waals surface area contributed by atoms with Crippen molar-refractivity contribution in [3.05, 3.63) is 35.4 Å². The molecule has 0 atom stereocenters. The Morgan fingerprint density at radius 2 is 1.78 bits per heavy atom. The molecule has 0 saturated carbocycles. The maximum atomic E-state index is 5.17. The third-order valence-electron chi connectivity index (χ3n) is 1.72. The molecule has 8 nitrogen and oxygen atoms in total. The summed E-state index contributed by atoms with van der Waals surface area (Å²) >= 11 is 0. The topological polar surface area (TPSA) is 155 Å². The van der Waals surface area contributed by atoms with Crippen LogP contribution in [0.3, 0.4) is 0 Å². The Balaban J connectivity index is 2.80. The summed E-state index contributed by atoms with van der Waals surface area (Å²) in [6.45, 7) is 0. The lowest BCUT2D eigenvalue weighted by molar-refractivity contribution is -0.456. The average molecular weight is 247 g/mol. The van der Waals surface area contributed by atoms with Crippen LogP contribution in [0.25, 0.3) is 0 Å². The van der Waals surface area contributed by atoms with E-state index in [0.29, 0.717) is 0 Å². The van der Waals surface area contributed by atoms with E-state index in [1.807, 2.05) is 24.3 Å². The smallest absolute Gasteiger partial charge is 0.256 e. The van der Waals surface area contributed by atoms with Gasteiger partial charge in [-0.25, -0.2) is 0 Å². The number of hydrogen-bond acceptors (Lipinski definition) is 3. The standard InChI is InChI=1S/C10H14N8/c11-9(12)17-15-5-7-2-1-3-8(4-7)6-16-18-10(13)14/h1-6H,(H4,11,12,17)(H4,13,14,18)/p+1. The quantitative estimate of drug-likeness (QED) is 0.218. The van der Waals surface area contributed by atoms with Gasteiger partial charge in [-0.1, -0.05) is 12.1 Å². The molecule has 1 rings (SSSR count). The highest BCUT2D eigenvalue weighted by molar-refractivity contribution is 5.85. The molecule has 1 aromatic carbocycles. The summed E-state index contributed by atoms with van der Waals surface area (Å²) in [6, 6.07) is 7.41. The largest absolute Gasteiger partial charge is 0.369 e. The Morgan fingerprint density at radius 1 is 1.06 bits per heavy atom. The van der Waals surface area contributed by atoms with Crippen LogP contribution in [0.15, 0.2) is 39.6 Å². The number of rotatable bonds is 4.